The number of rotatable bonds is 7. The number of hydrogen-bond acceptors (Lipinski definition) is 4. The van der Waals surface area contributed by atoms with Gasteiger partial charge in [-0.05, 0) is 69.2 Å². The Morgan fingerprint density at radius 2 is 1.86 bits per heavy atom. The Hall–Kier alpha value is -2.27. The average Bonchev–Trinajstić information content (AvgIpc) is 3.45. The molecule has 1 aromatic carbocycles. The summed E-state index contributed by atoms with van der Waals surface area (Å²) in [4.78, 5) is 14.9. The Morgan fingerprint density at radius 1 is 1.14 bits per heavy atom. The average molecular weight is 383 g/mol. The van der Waals surface area contributed by atoms with Gasteiger partial charge in [0.1, 0.15) is 17.3 Å². The van der Waals surface area contributed by atoms with E-state index >= 15 is 0 Å². The Labute approximate surface area is 167 Å². The molecule has 1 amide bonds. The highest BCUT2D eigenvalue weighted by atomic mass is 16.5. The van der Waals surface area contributed by atoms with Crippen LogP contribution in [-0.4, -0.2) is 36.5 Å². The summed E-state index contributed by atoms with van der Waals surface area (Å²) in [5.41, 5.74) is 1.97. The van der Waals surface area contributed by atoms with Crippen molar-refractivity contribution in [3.8, 4) is 5.75 Å². The SMILES string of the molecule is Cc1cc(C(=O)NC2CCN(Cc3ccc(OCC4CC4)cc3)CC2)c(C)o1. The van der Waals surface area contributed by atoms with E-state index in [1.165, 1.54) is 18.4 Å². The first-order chi connectivity index (χ1) is 13.6. The van der Waals surface area contributed by atoms with Crippen LogP contribution in [-0.2, 0) is 6.54 Å². The highest BCUT2D eigenvalue weighted by Crippen LogP contribution is 2.29. The number of nitrogens with one attached hydrogen (secondary N) is 1. The molecule has 5 nitrogen and oxygen atoms in total. The van der Waals surface area contributed by atoms with Gasteiger partial charge in [0, 0.05) is 25.7 Å². The zero-order valence-electron chi connectivity index (χ0n) is 16.9. The predicted molar refractivity (Wildman–Crippen MR) is 109 cm³/mol. The first-order valence-corrected chi connectivity index (χ1v) is 10.4. The van der Waals surface area contributed by atoms with Crippen LogP contribution in [0.4, 0.5) is 0 Å². The number of furan rings is 1. The van der Waals surface area contributed by atoms with E-state index in [0.29, 0.717) is 11.3 Å². The Morgan fingerprint density at radius 3 is 2.46 bits per heavy atom. The van der Waals surface area contributed by atoms with E-state index in [-0.39, 0.29) is 11.9 Å². The lowest BCUT2D eigenvalue weighted by Crippen LogP contribution is -2.44. The van der Waals surface area contributed by atoms with Gasteiger partial charge < -0.3 is 14.5 Å². The molecule has 0 atom stereocenters. The van der Waals surface area contributed by atoms with E-state index in [1.807, 2.05) is 19.9 Å². The minimum Gasteiger partial charge on any atom is -0.493 e. The lowest BCUT2D eigenvalue weighted by molar-refractivity contribution is 0.0907. The van der Waals surface area contributed by atoms with Crippen molar-refractivity contribution in [3.63, 3.8) is 0 Å². The fourth-order valence-electron chi connectivity index (χ4n) is 3.80. The molecule has 2 fully saturated rings. The number of benzene rings is 1. The summed E-state index contributed by atoms with van der Waals surface area (Å²) in [5, 5.41) is 3.17. The summed E-state index contributed by atoms with van der Waals surface area (Å²) < 4.78 is 11.3. The summed E-state index contributed by atoms with van der Waals surface area (Å²) in [5.74, 6) is 3.21. The lowest BCUT2D eigenvalue weighted by Gasteiger charge is -2.32. The third-order valence-electron chi connectivity index (χ3n) is 5.72. The van der Waals surface area contributed by atoms with E-state index in [2.05, 4.69) is 34.5 Å². The van der Waals surface area contributed by atoms with E-state index in [1.54, 1.807) is 0 Å². The molecule has 0 unspecified atom stereocenters. The van der Waals surface area contributed by atoms with E-state index < -0.39 is 0 Å². The zero-order chi connectivity index (χ0) is 19.5. The van der Waals surface area contributed by atoms with E-state index in [9.17, 15) is 4.79 Å². The number of likely N-dealkylation sites (tertiary alicyclic amines) is 1. The van der Waals surface area contributed by atoms with Gasteiger partial charge in [-0.3, -0.25) is 9.69 Å². The summed E-state index contributed by atoms with van der Waals surface area (Å²) in [6.07, 6.45) is 4.58. The van der Waals surface area contributed by atoms with Gasteiger partial charge in [0.05, 0.1) is 12.2 Å². The third kappa shape index (κ3) is 4.96. The summed E-state index contributed by atoms with van der Waals surface area (Å²) in [6.45, 7) is 7.50. The van der Waals surface area contributed by atoms with Crippen LogP contribution < -0.4 is 10.1 Å². The highest BCUT2D eigenvalue weighted by molar-refractivity contribution is 5.95. The normalized spacial score (nSPS) is 18.2. The second kappa shape index (κ2) is 8.39. The molecular weight excluding hydrogens is 352 g/mol. The van der Waals surface area contributed by atoms with Crippen molar-refractivity contribution in [2.45, 2.75) is 52.1 Å². The fraction of sp³-hybridized carbons (Fsp3) is 0.522. The van der Waals surface area contributed by atoms with Crippen LogP contribution >= 0.6 is 0 Å². The topological polar surface area (TPSA) is 54.7 Å². The van der Waals surface area contributed by atoms with E-state index in [0.717, 1.165) is 56.5 Å². The predicted octanol–water partition coefficient (Wildman–Crippen LogP) is 4.08. The van der Waals surface area contributed by atoms with Crippen LogP contribution in [0, 0.1) is 19.8 Å². The first kappa shape index (κ1) is 19.1. The highest BCUT2D eigenvalue weighted by Gasteiger charge is 2.23. The molecule has 1 saturated heterocycles. The Bertz CT molecular complexity index is 800. The maximum Gasteiger partial charge on any atom is 0.255 e. The summed E-state index contributed by atoms with van der Waals surface area (Å²) in [7, 11) is 0. The number of hydrogen-bond donors (Lipinski definition) is 1. The van der Waals surface area contributed by atoms with Gasteiger partial charge in [-0.2, -0.15) is 0 Å². The van der Waals surface area contributed by atoms with Crippen molar-refractivity contribution in [3.05, 3.63) is 53.0 Å². The first-order valence-electron chi connectivity index (χ1n) is 10.4. The van der Waals surface area contributed by atoms with Crippen molar-refractivity contribution in [2.75, 3.05) is 19.7 Å². The number of aryl methyl sites for hydroxylation is 2. The number of nitrogens with zero attached hydrogens (tertiary/aromatic N) is 1. The van der Waals surface area contributed by atoms with Crippen molar-refractivity contribution in [1.82, 2.24) is 10.2 Å². The standard InChI is InChI=1S/C23H30N2O3/c1-16-13-22(17(2)28-16)23(26)24-20-9-11-25(12-10-20)14-18-5-7-21(8-6-18)27-15-19-3-4-19/h5-8,13,19-20H,3-4,9-12,14-15H2,1-2H3,(H,24,26). The van der Waals surface area contributed by atoms with Gasteiger partial charge in [-0.1, -0.05) is 12.1 Å². The molecule has 1 aliphatic carbocycles. The van der Waals surface area contributed by atoms with Gasteiger partial charge in [-0.25, -0.2) is 0 Å². The molecule has 1 aromatic heterocycles. The number of piperidine rings is 1. The quantitative estimate of drug-likeness (QED) is 0.784. The molecule has 0 radical (unpaired) electrons. The molecule has 2 heterocycles. The zero-order valence-corrected chi connectivity index (χ0v) is 16.9. The maximum atomic E-state index is 12.5. The van der Waals surface area contributed by atoms with Crippen LogP contribution in [0.1, 0.15) is 53.1 Å². The lowest BCUT2D eigenvalue weighted by atomic mass is 10.0. The van der Waals surface area contributed by atoms with Gasteiger partial charge >= 0.3 is 0 Å². The number of carbonyl (C=O) groups is 1. The van der Waals surface area contributed by atoms with Crippen molar-refractivity contribution >= 4 is 5.91 Å². The number of amides is 1. The van der Waals surface area contributed by atoms with Gasteiger partial charge in [-0.15, -0.1) is 0 Å². The Kier molecular flexibility index (Phi) is 5.72. The van der Waals surface area contributed by atoms with Crippen LogP contribution in [0.5, 0.6) is 5.75 Å². The summed E-state index contributed by atoms with van der Waals surface area (Å²) in [6, 6.07) is 10.6. The number of carbonyl (C=O) groups excluding carboxylic acids is 1. The molecule has 0 spiro atoms. The Balaban J connectivity index is 1.21. The second-order valence-electron chi connectivity index (χ2n) is 8.25. The van der Waals surface area contributed by atoms with Crippen LogP contribution in [0.3, 0.4) is 0 Å². The molecule has 0 bridgehead atoms. The van der Waals surface area contributed by atoms with Gasteiger partial charge in [0.25, 0.3) is 5.91 Å². The molecule has 5 heteroatoms. The van der Waals surface area contributed by atoms with Crippen LogP contribution in [0.15, 0.2) is 34.7 Å². The monoisotopic (exact) mass is 382 g/mol. The second-order valence-corrected chi connectivity index (χ2v) is 8.25. The smallest absolute Gasteiger partial charge is 0.255 e. The van der Waals surface area contributed by atoms with Crippen molar-refractivity contribution in [1.29, 1.82) is 0 Å². The molecule has 150 valence electrons. The molecule has 28 heavy (non-hydrogen) atoms. The number of ether oxygens (including phenoxy) is 1. The molecule has 2 aliphatic rings. The largest absolute Gasteiger partial charge is 0.493 e. The van der Waals surface area contributed by atoms with E-state index in [4.69, 9.17) is 9.15 Å². The minimum atomic E-state index is -0.0189. The molecule has 1 N–H and O–H groups in total. The summed E-state index contributed by atoms with van der Waals surface area (Å²) >= 11 is 0. The van der Waals surface area contributed by atoms with Gasteiger partial charge in [0.15, 0.2) is 0 Å². The molecule has 2 aromatic rings. The van der Waals surface area contributed by atoms with Crippen LogP contribution in [0.2, 0.25) is 0 Å². The van der Waals surface area contributed by atoms with Crippen molar-refractivity contribution < 1.29 is 13.9 Å². The van der Waals surface area contributed by atoms with Crippen LogP contribution in [0.25, 0.3) is 0 Å². The minimum absolute atomic E-state index is 0.0189. The maximum absolute atomic E-state index is 12.5. The fourth-order valence-corrected chi connectivity index (χ4v) is 3.80. The van der Waals surface area contributed by atoms with Crippen molar-refractivity contribution in [2.24, 2.45) is 5.92 Å². The molecular formula is C23H30N2O3. The molecule has 4 rings (SSSR count). The third-order valence-corrected chi connectivity index (χ3v) is 5.72. The van der Waals surface area contributed by atoms with Gasteiger partial charge in [0.2, 0.25) is 0 Å². The molecule has 1 saturated carbocycles. The molecule has 1 aliphatic heterocycles.